The number of thiophene rings is 1. The molecule has 7 heteroatoms. The van der Waals surface area contributed by atoms with Crippen molar-refractivity contribution in [2.75, 3.05) is 43.5 Å². The third-order valence-electron chi connectivity index (χ3n) is 3.28. The highest BCUT2D eigenvalue weighted by Gasteiger charge is 2.29. The van der Waals surface area contributed by atoms with Crippen molar-refractivity contribution >= 4 is 33.8 Å². The molecule has 116 valence electrons. The molecule has 0 radical (unpaired) electrons. The highest BCUT2D eigenvalue weighted by Crippen LogP contribution is 2.39. The SMILES string of the molecule is CCOC(=O)c1c(N2CCOCC2)sc(C(=O)CC)c1N. The Kier molecular flexibility index (Phi) is 5.19. The van der Waals surface area contributed by atoms with E-state index in [4.69, 9.17) is 15.2 Å². The van der Waals surface area contributed by atoms with Crippen molar-refractivity contribution in [2.45, 2.75) is 20.3 Å². The van der Waals surface area contributed by atoms with Crippen LogP contribution in [0.15, 0.2) is 0 Å². The lowest BCUT2D eigenvalue weighted by molar-refractivity contribution is 0.0528. The third kappa shape index (κ3) is 3.19. The number of rotatable bonds is 5. The first-order chi connectivity index (χ1) is 10.1. The summed E-state index contributed by atoms with van der Waals surface area (Å²) in [5, 5.41) is 0.714. The van der Waals surface area contributed by atoms with Gasteiger partial charge in [0.25, 0.3) is 0 Å². The van der Waals surface area contributed by atoms with Crippen molar-refractivity contribution in [1.29, 1.82) is 0 Å². The van der Waals surface area contributed by atoms with E-state index in [1.807, 2.05) is 4.90 Å². The molecule has 2 rings (SSSR count). The van der Waals surface area contributed by atoms with Gasteiger partial charge in [0, 0.05) is 19.5 Å². The van der Waals surface area contributed by atoms with E-state index in [0.717, 1.165) is 0 Å². The van der Waals surface area contributed by atoms with Gasteiger partial charge in [0.15, 0.2) is 5.78 Å². The number of ether oxygens (including phenoxy) is 2. The molecule has 0 spiro atoms. The Labute approximate surface area is 127 Å². The molecule has 2 N–H and O–H groups in total. The molecule has 0 atom stereocenters. The van der Waals surface area contributed by atoms with Gasteiger partial charge in [-0.25, -0.2) is 4.79 Å². The second-order valence-corrected chi connectivity index (χ2v) is 5.62. The molecule has 1 aromatic rings. The van der Waals surface area contributed by atoms with Gasteiger partial charge in [0.1, 0.15) is 10.6 Å². The number of carbonyl (C=O) groups is 2. The minimum absolute atomic E-state index is 0.0532. The van der Waals surface area contributed by atoms with Crippen LogP contribution in [0.4, 0.5) is 10.7 Å². The predicted molar refractivity (Wildman–Crippen MR) is 82.3 cm³/mol. The second kappa shape index (κ2) is 6.91. The van der Waals surface area contributed by atoms with Crippen molar-refractivity contribution in [3.05, 3.63) is 10.4 Å². The molecule has 6 nitrogen and oxygen atoms in total. The molecule has 0 aliphatic carbocycles. The Morgan fingerprint density at radius 1 is 1.33 bits per heavy atom. The van der Waals surface area contributed by atoms with Gasteiger partial charge in [-0.2, -0.15) is 0 Å². The van der Waals surface area contributed by atoms with E-state index in [1.54, 1.807) is 13.8 Å². The van der Waals surface area contributed by atoms with Crippen molar-refractivity contribution in [1.82, 2.24) is 0 Å². The quantitative estimate of drug-likeness (QED) is 0.661. The van der Waals surface area contributed by atoms with Gasteiger partial charge in [-0.05, 0) is 6.92 Å². The van der Waals surface area contributed by atoms with Crippen molar-refractivity contribution in [2.24, 2.45) is 0 Å². The number of hydrogen-bond donors (Lipinski definition) is 1. The summed E-state index contributed by atoms with van der Waals surface area (Å²) in [5.41, 5.74) is 6.61. The Hall–Kier alpha value is -1.60. The largest absolute Gasteiger partial charge is 0.462 e. The summed E-state index contributed by atoms with van der Waals surface area (Å²) in [4.78, 5) is 26.7. The summed E-state index contributed by atoms with van der Waals surface area (Å²) in [7, 11) is 0. The minimum atomic E-state index is -0.470. The second-order valence-electron chi connectivity index (χ2n) is 4.62. The van der Waals surface area contributed by atoms with Crippen molar-refractivity contribution in [3.63, 3.8) is 0 Å². The van der Waals surface area contributed by atoms with Crippen LogP contribution in [0, 0.1) is 0 Å². The maximum absolute atomic E-state index is 12.2. The molecule has 0 bridgehead atoms. The molecule has 21 heavy (non-hydrogen) atoms. The molecule has 1 aromatic heterocycles. The average Bonchev–Trinajstić information content (AvgIpc) is 2.85. The molecule has 1 saturated heterocycles. The summed E-state index contributed by atoms with van der Waals surface area (Å²) in [6, 6.07) is 0. The van der Waals surface area contributed by atoms with E-state index >= 15 is 0 Å². The zero-order valence-electron chi connectivity index (χ0n) is 12.3. The van der Waals surface area contributed by atoms with Gasteiger partial charge >= 0.3 is 5.97 Å². The summed E-state index contributed by atoms with van der Waals surface area (Å²) in [6.07, 6.45) is 0.357. The number of Topliss-reactive ketones (excluding diaryl/α,β-unsaturated/α-hetero) is 1. The molecule has 2 heterocycles. The molecule has 1 fully saturated rings. The van der Waals surface area contributed by atoms with Crippen LogP contribution in [-0.4, -0.2) is 44.7 Å². The van der Waals surface area contributed by atoms with E-state index < -0.39 is 5.97 Å². The Balaban J connectivity index is 2.45. The van der Waals surface area contributed by atoms with Crippen LogP contribution in [0.5, 0.6) is 0 Å². The highest BCUT2D eigenvalue weighted by atomic mass is 32.1. The summed E-state index contributed by atoms with van der Waals surface area (Å²) < 4.78 is 10.4. The third-order valence-corrected chi connectivity index (χ3v) is 4.59. The maximum Gasteiger partial charge on any atom is 0.343 e. The molecule has 0 aromatic carbocycles. The number of morpholine rings is 1. The van der Waals surface area contributed by atoms with Crippen molar-refractivity contribution in [3.8, 4) is 0 Å². The fourth-order valence-electron chi connectivity index (χ4n) is 2.19. The van der Waals surface area contributed by atoms with E-state index in [1.165, 1.54) is 11.3 Å². The predicted octanol–water partition coefficient (Wildman–Crippen LogP) is 1.94. The number of nitrogens with two attached hydrogens (primary N) is 1. The smallest absolute Gasteiger partial charge is 0.343 e. The standard InChI is InChI=1S/C14H20N2O4S/c1-3-9(17)12-11(15)10(14(18)20-4-2)13(21-12)16-5-7-19-8-6-16/h3-8,15H2,1-2H3. The molecule has 0 unspecified atom stereocenters. The minimum Gasteiger partial charge on any atom is -0.462 e. The van der Waals surface area contributed by atoms with Crippen LogP contribution >= 0.6 is 11.3 Å². The van der Waals surface area contributed by atoms with Crippen LogP contribution in [-0.2, 0) is 9.47 Å². The van der Waals surface area contributed by atoms with E-state index in [9.17, 15) is 9.59 Å². The lowest BCUT2D eigenvalue weighted by atomic mass is 10.1. The van der Waals surface area contributed by atoms with Gasteiger partial charge in [-0.3, -0.25) is 4.79 Å². The van der Waals surface area contributed by atoms with Crippen LogP contribution < -0.4 is 10.6 Å². The van der Waals surface area contributed by atoms with Gasteiger partial charge < -0.3 is 20.1 Å². The lowest BCUT2D eigenvalue weighted by Crippen LogP contribution is -2.36. The number of hydrogen-bond acceptors (Lipinski definition) is 7. The number of carbonyl (C=O) groups excluding carboxylic acids is 2. The Morgan fingerprint density at radius 2 is 2.00 bits per heavy atom. The lowest BCUT2D eigenvalue weighted by Gasteiger charge is -2.28. The number of nitrogen functional groups attached to an aromatic ring is 1. The van der Waals surface area contributed by atoms with E-state index in [0.29, 0.717) is 48.2 Å². The molecule has 0 saturated carbocycles. The van der Waals surface area contributed by atoms with Gasteiger partial charge in [0.05, 0.1) is 30.4 Å². The number of esters is 1. The van der Waals surface area contributed by atoms with Crippen molar-refractivity contribution < 1.29 is 19.1 Å². The van der Waals surface area contributed by atoms with Gasteiger partial charge in [0.2, 0.25) is 0 Å². The van der Waals surface area contributed by atoms with Gasteiger partial charge in [-0.1, -0.05) is 6.92 Å². The maximum atomic E-state index is 12.2. The van der Waals surface area contributed by atoms with E-state index in [-0.39, 0.29) is 18.1 Å². The number of anilines is 2. The first-order valence-electron chi connectivity index (χ1n) is 7.05. The summed E-state index contributed by atoms with van der Waals surface area (Å²) in [5.74, 6) is -0.523. The molecular formula is C14H20N2O4S. The van der Waals surface area contributed by atoms with Crippen LogP contribution in [0.2, 0.25) is 0 Å². The monoisotopic (exact) mass is 312 g/mol. The summed E-state index contributed by atoms with van der Waals surface area (Å²) >= 11 is 1.27. The highest BCUT2D eigenvalue weighted by molar-refractivity contribution is 7.19. The van der Waals surface area contributed by atoms with E-state index in [2.05, 4.69) is 0 Å². The van der Waals surface area contributed by atoms with Crippen LogP contribution in [0.3, 0.4) is 0 Å². The molecular weight excluding hydrogens is 292 g/mol. The van der Waals surface area contributed by atoms with Gasteiger partial charge in [-0.15, -0.1) is 11.3 Å². The number of ketones is 1. The first-order valence-corrected chi connectivity index (χ1v) is 7.87. The zero-order valence-corrected chi connectivity index (χ0v) is 13.1. The zero-order chi connectivity index (χ0) is 15.4. The van der Waals surface area contributed by atoms with Crippen LogP contribution in [0.25, 0.3) is 0 Å². The average molecular weight is 312 g/mol. The summed E-state index contributed by atoms with van der Waals surface area (Å²) in [6.45, 7) is 6.33. The fraction of sp³-hybridized carbons (Fsp3) is 0.571. The molecule has 1 aliphatic heterocycles. The normalized spacial score (nSPS) is 15.0. The molecule has 1 aliphatic rings. The topological polar surface area (TPSA) is 81.9 Å². The Bertz CT molecular complexity index is 535. The first kappa shape index (κ1) is 15.8. The Morgan fingerprint density at radius 3 is 2.57 bits per heavy atom. The number of nitrogens with zero attached hydrogens (tertiary/aromatic N) is 1. The van der Waals surface area contributed by atoms with Crippen LogP contribution in [0.1, 0.15) is 40.3 Å². The molecule has 0 amide bonds. The fourth-order valence-corrected chi connectivity index (χ4v) is 3.46.